The van der Waals surface area contributed by atoms with Crippen molar-refractivity contribution in [2.45, 2.75) is 25.7 Å². The minimum atomic E-state index is -0.371. The Morgan fingerprint density at radius 3 is 2.65 bits per heavy atom. The number of phenols is 2. The lowest BCUT2D eigenvalue weighted by Crippen LogP contribution is -2.36. The van der Waals surface area contributed by atoms with Crippen LogP contribution in [0.4, 0.5) is 0 Å². The minimum absolute atomic E-state index is 0.102. The summed E-state index contributed by atoms with van der Waals surface area (Å²) in [6.07, 6.45) is 4.58. The third kappa shape index (κ3) is 3.22. The van der Waals surface area contributed by atoms with Crippen LogP contribution in [0, 0.1) is 11.8 Å². The Morgan fingerprint density at radius 1 is 1.25 bits per heavy atom. The number of rotatable bonds is 4. The van der Waals surface area contributed by atoms with E-state index < -0.39 is 0 Å². The average Bonchev–Trinajstić information content (AvgIpc) is 2.48. The molecule has 110 valence electrons. The van der Waals surface area contributed by atoms with Gasteiger partial charge in [0.15, 0.2) is 11.5 Å². The average molecular weight is 278 g/mol. The van der Waals surface area contributed by atoms with Crippen molar-refractivity contribution >= 4 is 5.91 Å². The number of para-hydroxylation sites is 1. The SMILES string of the molecule is NCC1CCCCC1CNC(=O)c1cccc(O)c1O. The topological polar surface area (TPSA) is 95.6 Å². The highest BCUT2D eigenvalue weighted by atomic mass is 16.3. The molecule has 1 amide bonds. The summed E-state index contributed by atoms with van der Waals surface area (Å²) in [7, 11) is 0. The first-order chi connectivity index (χ1) is 9.63. The van der Waals surface area contributed by atoms with Crippen LogP contribution in [0.15, 0.2) is 18.2 Å². The second-order valence-corrected chi connectivity index (χ2v) is 5.42. The van der Waals surface area contributed by atoms with Crippen LogP contribution in [0.2, 0.25) is 0 Å². The van der Waals surface area contributed by atoms with Crippen molar-refractivity contribution in [1.29, 1.82) is 0 Å². The summed E-state index contributed by atoms with van der Waals surface area (Å²) >= 11 is 0. The molecule has 5 heteroatoms. The molecule has 0 heterocycles. The Morgan fingerprint density at radius 2 is 1.95 bits per heavy atom. The van der Waals surface area contributed by atoms with Gasteiger partial charge in [-0.05, 0) is 43.4 Å². The summed E-state index contributed by atoms with van der Waals surface area (Å²) in [6, 6.07) is 4.37. The van der Waals surface area contributed by atoms with Gasteiger partial charge in [0.1, 0.15) is 0 Å². The quantitative estimate of drug-likeness (QED) is 0.629. The number of hydrogen-bond donors (Lipinski definition) is 4. The van der Waals surface area contributed by atoms with Crippen LogP contribution in [-0.2, 0) is 0 Å². The molecule has 1 saturated carbocycles. The molecule has 1 fully saturated rings. The largest absolute Gasteiger partial charge is 0.504 e. The van der Waals surface area contributed by atoms with E-state index in [-0.39, 0.29) is 23.0 Å². The van der Waals surface area contributed by atoms with Gasteiger partial charge in [-0.3, -0.25) is 4.79 Å². The number of phenolic OH excluding ortho intramolecular Hbond substituents is 2. The number of hydrogen-bond acceptors (Lipinski definition) is 4. The van der Waals surface area contributed by atoms with E-state index in [1.165, 1.54) is 31.0 Å². The molecule has 5 nitrogen and oxygen atoms in total. The molecule has 2 atom stereocenters. The number of nitrogens with two attached hydrogens (primary N) is 1. The van der Waals surface area contributed by atoms with Crippen molar-refractivity contribution in [3.05, 3.63) is 23.8 Å². The van der Waals surface area contributed by atoms with Crippen LogP contribution in [0.3, 0.4) is 0 Å². The fraction of sp³-hybridized carbons (Fsp3) is 0.533. The van der Waals surface area contributed by atoms with Gasteiger partial charge < -0.3 is 21.3 Å². The second-order valence-electron chi connectivity index (χ2n) is 5.42. The van der Waals surface area contributed by atoms with E-state index in [4.69, 9.17) is 5.73 Å². The van der Waals surface area contributed by atoms with Gasteiger partial charge >= 0.3 is 0 Å². The van der Waals surface area contributed by atoms with E-state index in [9.17, 15) is 15.0 Å². The molecule has 0 bridgehead atoms. The molecule has 0 saturated heterocycles. The van der Waals surface area contributed by atoms with Gasteiger partial charge in [0, 0.05) is 6.54 Å². The highest BCUT2D eigenvalue weighted by Gasteiger charge is 2.24. The molecule has 0 spiro atoms. The predicted octanol–water partition coefficient (Wildman–Crippen LogP) is 1.59. The first-order valence-electron chi connectivity index (χ1n) is 7.12. The van der Waals surface area contributed by atoms with Gasteiger partial charge in [-0.2, -0.15) is 0 Å². The number of nitrogens with one attached hydrogen (secondary N) is 1. The van der Waals surface area contributed by atoms with Crippen LogP contribution in [-0.4, -0.2) is 29.2 Å². The maximum atomic E-state index is 12.0. The van der Waals surface area contributed by atoms with E-state index in [0.717, 1.165) is 12.8 Å². The highest BCUT2D eigenvalue weighted by molar-refractivity contribution is 5.97. The van der Waals surface area contributed by atoms with Crippen LogP contribution in [0.5, 0.6) is 11.5 Å². The second kappa shape index (κ2) is 6.61. The summed E-state index contributed by atoms with van der Waals surface area (Å²) < 4.78 is 0. The van der Waals surface area contributed by atoms with Gasteiger partial charge in [-0.25, -0.2) is 0 Å². The lowest BCUT2D eigenvalue weighted by Gasteiger charge is -2.30. The summed E-state index contributed by atoms with van der Waals surface area (Å²) in [6.45, 7) is 1.22. The molecule has 0 aromatic heterocycles. The molecule has 2 rings (SSSR count). The molecule has 5 N–H and O–H groups in total. The minimum Gasteiger partial charge on any atom is -0.504 e. The molecule has 20 heavy (non-hydrogen) atoms. The van der Waals surface area contributed by atoms with Crippen molar-refractivity contribution in [3.63, 3.8) is 0 Å². The number of carbonyl (C=O) groups excluding carboxylic acids is 1. The lowest BCUT2D eigenvalue weighted by molar-refractivity contribution is 0.0931. The van der Waals surface area contributed by atoms with Crippen LogP contribution < -0.4 is 11.1 Å². The van der Waals surface area contributed by atoms with Crippen molar-refractivity contribution in [3.8, 4) is 11.5 Å². The summed E-state index contributed by atoms with van der Waals surface area (Å²) in [5.74, 6) is -0.155. The zero-order valence-corrected chi connectivity index (χ0v) is 11.5. The van der Waals surface area contributed by atoms with Gasteiger partial charge in [0.05, 0.1) is 5.56 Å². The molecular formula is C15H22N2O3. The molecule has 0 aliphatic heterocycles. The molecule has 1 aliphatic rings. The Labute approximate surface area is 118 Å². The lowest BCUT2D eigenvalue weighted by atomic mass is 9.79. The van der Waals surface area contributed by atoms with E-state index in [0.29, 0.717) is 24.9 Å². The Balaban J connectivity index is 1.96. The zero-order valence-electron chi connectivity index (χ0n) is 11.5. The maximum Gasteiger partial charge on any atom is 0.255 e. The molecular weight excluding hydrogens is 256 g/mol. The van der Waals surface area contributed by atoms with Crippen molar-refractivity contribution in [2.75, 3.05) is 13.1 Å². The van der Waals surface area contributed by atoms with E-state index in [2.05, 4.69) is 5.32 Å². The molecule has 2 unspecified atom stereocenters. The Kier molecular flexibility index (Phi) is 4.84. The number of aromatic hydroxyl groups is 2. The Hall–Kier alpha value is -1.75. The number of amides is 1. The number of benzene rings is 1. The van der Waals surface area contributed by atoms with Crippen LogP contribution in [0.25, 0.3) is 0 Å². The molecule has 0 radical (unpaired) electrons. The summed E-state index contributed by atoms with van der Waals surface area (Å²) in [4.78, 5) is 12.0. The maximum absolute atomic E-state index is 12.0. The number of carbonyl (C=O) groups is 1. The fourth-order valence-corrected chi connectivity index (χ4v) is 2.90. The molecule has 1 aromatic rings. The summed E-state index contributed by atoms with van der Waals surface area (Å²) in [5.41, 5.74) is 5.87. The van der Waals surface area contributed by atoms with Gasteiger partial charge in [0.2, 0.25) is 0 Å². The van der Waals surface area contributed by atoms with E-state index >= 15 is 0 Å². The fourth-order valence-electron chi connectivity index (χ4n) is 2.90. The van der Waals surface area contributed by atoms with Crippen LogP contribution in [0.1, 0.15) is 36.0 Å². The third-order valence-corrected chi connectivity index (χ3v) is 4.15. The van der Waals surface area contributed by atoms with Crippen molar-refractivity contribution in [1.82, 2.24) is 5.32 Å². The van der Waals surface area contributed by atoms with Crippen molar-refractivity contribution in [2.24, 2.45) is 17.6 Å². The van der Waals surface area contributed by atoms with Crippen molar-refractivity contribution < 1.29 is 15.0 Å². The third-order valence-electron chi connectivity index (χ3n) is 4.15. The van der Waals surface area contributed by atoms with Gasteiger partial charge in [-0.1, -0.05) is 18.9 Å². The van der Waals surface area contributed by atoms with Crippen LogP contribution >= 0.6 is 0 Å². The van der Waals surface area contributed by atoms with E-state index in [1.54, 1.807) is 0 Å². The van der Waals surface area contributed by atoms with Gasteiger partial charge in [0.25, 0.3) is 5.91 Å². The smallest absolute Gasteiger partial charge is 0.255 e. The van der Waals surface area contributed by atoms with Gasteiger partial charge in [-0.15, -0.1) is 0 Å². The standard InChI is InChI=1S/C15H22N2O3/c16-8-10-4-1-2-5-11(10)9-17-15(20)12-6-3-7-13(18)14(12)19/h3,6-7,10-11,18-19H,1-2,4-5,8-9,16H2,(H,17,20). The summed E-state index contributed by atoms with van der Waals surface area (Å²) in [5, 5.41) is 21.9. The van der Waals surface area contributed by atoms with E-state index in [1.807, 2.05) is 0 Å². The normalized spacial score (nSPS) is 22.4. The zero-order chi connectivity index (χ0) is 14.5. The highest BCUT2D eigenvalue weighted by Crippen LogP contribution is 2.30. The molecule has 1 aliphatic carbocycles. The molecule has 1 aromatic carbocycles. The monoisotopic (exact) mass is 278 g/mol. The predicted molar refractivity (Wildman–Crippen MR) is 76.6 cm³/mol. The first-order valence-corrected chi connectivity index (χ1v) is 7.12. The Bertz CT molecular complexity index is 476. The first kappa shape index (κ1) is 14.7.